The van der Waals surface area contributed by atoms with Gasteiger partial charge in [-0.25, -0.2) is 8.78 Å². The van der Waals surface area contributed by atoms with Crippen LogP contribution in [0.5, 0.6) is 0 Å². The Bertz CT molecular complexity index is 1310. The third-order valence-electron chi connectivity index (χ3n) is 5.09. The summed E-state index contributed by atoms with van der Waals surface area (Å²) in [5.74, 6) is -7.79. The van der Waals surface area contributed by atoms with Gasteiger partial charge in [-0.15, -0.1) is 0 Å². The number of nitro benzene ring substituents is 2. The zero-order chi connectivity index (χ0) is 27.6. The van der Waals surface area contributed by atoms with E-state index in [0.29, 0.717) is 24.3 Å². The first-order chi connectivity index (χ1) is 16.4. The van der Waals surface area contributed by atoms with Gasteiger partial charge in [0.15, 0.2) is 0 Å². The van der Waals surface area contributed by atoms with Crippen molar-refractivity contribution in [1.29, 1.82) is 0 Å². The molecule has 0 bridgehead atoms. The Labute approximate surface area is 212 Å². The zero-order valence-corrected chi connectivity index (χ0v) is 20.8. The van der Waals surface area contributed by atoms with Gasteiger partial charge in [-0.3, -0.25) is 29.3 Å². The van der Waals surface area contributed by atoms with E-state index in [-0.39, 0.29) is 0 Å². The predicted octanol–water partition coefficient (Wildman–Crippen LogP) is 4.51. The lowest BCUT2D eigenvalue weighted by Crippen LogP contribution is -2.20. The number of hydrogen-bond donors (Lipinski definition) is 2. The van der Waals surface area contributed by atoms with Crippen molar-refractivity contribution in [2.24, 2.45) is 0 Å². The van der Waals surface area contributed by atoms with Crippen LogP contribution in [0, 0.1) is 31.9 Å². The molecule has 2 aromatic carbocycles. The molecule has 0 spiro atoms. The Morgan fingerprint density at radius 2 is 1.06 bits per heavy atom. The van der Waals surface area contributed by atoms with Crippen LogP contribution in [-0.4, -0.2) is 47.3 Å². The van der Waals surface area contributed by atoms with Crippen LogP contribution in [0.25, 0.3) is 0 Å². The third-order valence-corrected chi connectivity index (χ3v) is 7.35. The van der Waals surface area contributed by atoms with E-state index >= 15 is 0 Å². The first-order valence-corrected chi connectivity index (χ1v) is 13.5. The highest BCUT2D eigenvalue weighted by Crippen LogP contribution is 2.38. The second-order valence-electron chi connectivity index (χ2n) is 7.63. The van der Waals surface area contributed by atoms with Gasteiger partial charge < -0.3 is 0 Å². The quantitative estimate of drug-likeness (QED) is 0.213. The lowest BCUT2D eigenvalue weighted by molar-refractivity contribution is -0.385. The fraction of sp³-hybridized carbons (Fsp3) is 0.333. The van der Waals surface area contributed by atoms with Crippen LogP contribution in [-0.2, 0) is 20.2 Å². The van der Waals surface area contributed by atoms with Crippen molar-refractivity contribution in [1.82, 2.24) is 0 Å². The van der Waals surface area contributed by atoms with Crippen molar-refractivity contribution in [3.8, 4) is 0 Å². The molecular weight excluding hydrogens is 577 g/mol. The van der Waals surface area contributed by atoms with Crippen LogP contribution in [0.15, 0.2) is 24.3 Å². The van der Waals surface area contributed by atoms with Crippen LogP contribution < -0.4 is 0 Å². The Morgan fingerprint density at radius 3 is 1.31 bits per heavy atom. The molecule has 0 saturated heterocycles. The van der Waals surface area contributed by atoms with E-state index in [9.17, 15) is 55.0 Å². The fourth-order valence-corrected chi connectivity index (χ4v) is 5.73. The summed E-state index contributed by atoms with van der Waals surface area (Å²) in [7, 11) is -9.66. The maximum absolute atomic E-state index is 14.6. The largest absolute Gasteiger partial charge is 0.288 e. The first-order valence-electron chi connectivity index (χ1n) is 9.56. The van der Waals surface area contributed by atoms with Crippen LogP contribution in [0.1, 0.15) is 35.8 Å². The number of benzene rings is 2. The molecule has 0 aliphatic heterocycles. The Kier molecular flexibility index (Phi) is 9.30. The normalized spacial score (nSPS) is 13.8. The maximum atomic E-state index is 14.6. The molecule has 198 valence electrons. The van der Waals surface area contributed by atoms with E-state index in [1.165, 1.54) is 0 Å². The van der Waals surface area contributed by atoms with Crippen LogP contribution in [0.3, 0.4) is 0 Å². The second kappa shape index (κ2) is 11.3. The maximum Gasteiger partial charge on any atom is 0.288 e. The molecule has 0 aromatic heterocycles. The summed E-state index contributed by atoms with van der Waals surface area (Å²) in [5.41, 5.74) is -2.72. The summed E-state index contributed by atoms with van der Waals surface area (Å²) < 4.78 is 94.1. The molecule has 2 rings (SSSR count). The van der Waals surface area contributed by atoms with Crippen LogP contribution in [0.4, 0.5) is 20.2 Å². The number of hydrogen-bond acceptors (Lipinski definition) is 8. The van der Waals surface area contributed by atoms with Gasteiger partial charge in [0.1, 0.15) is 21.7 Å². The molecule has 0 amide bonds. The molecule has 18 heteroatoms. The minimum absolute atomic E-state index is 0.536. The minimum atomic E-state index is -4.83. The van der Waals surface area contributed by atoms with Crippen molar-refractivity contribution >= 4 is 54.8 Å². The Hall–Kier alpha value is -2.50. The van der Waals surface area contributed by atoms with Crippen molar-refractivity contribution in [3.63, 3.8) is 0 Å². The van der Waals surface area contributed by atoms with E-state index in [0.717, 1.165) is 0 Å². The molecule has 2 aromatic rings. The van der Waals surface area contributed by atoms with E-state index in [1.807, 2.05) is 0 Å². The van der Waals surface area contributed by atoms with Crippen molar-refractivity contribution in [2.75, 3.05) is 11.5 Å². The highest BCUT2D eigenvalue weighted by Gasteiger charge is 2.30. The predicted molar refractivity (Wildman–Crippen MR) is 124 cm³/mol. The summed E-state index contributed by atoms with van der Waals surface area (Å²) in [6.07, 6.45) is -1.07. The number of halogens is 4. The van der Waals surface area contributed by atoms with Crippen molar-refractivity contribution in [3.05, 3.63) is 77.3 Å². The Morgan fingerprint density at radius 1 is 0.750 bits per heavy atom. The van der Waals surface area contributed by atoms with Crippen molar-refractivity contribution < 1.29 is 44.6 Å². The van der Waals surface area contributed by atoms with Gasteiger partial charge in [-0.2, -0.15) is 16.8 Å². The molecule has 0 aliphatic carbocycles. The molecule has 0 fully saturated rings. The topological polar surface area (TPSA) is 195 Å². The number of rotatable bonds is 11. The highest BCUT2D eigenvalue weighted by molar-refractivity contribution is 7.86. The molecule has 2 N–H and O–H groups in total. The van der Waals surface area contributed by atoms with Gasteiger partial charge >= 0.3 is 0 Å². The molecule has 2 atom stereocenters. The molecule has 0 heterocycles. The summed E-state index contributed by atoms with van der Waals surface area (Å²) in [6.45, 7) is 0. The van der Waals surface area contributed by atoms with Gasteiger partial charge in [0.2, 0.25) is 0 Å². The smallest absolute Gasteiger partial charge is 0.286 e. The number of nitrogens with zero attached hydrogens (tertiary/aromatic N) is 2. The van der Waals surface area contributed by atoms with E-state index in [2.05, 4.69) is 0 Å². The molecule has 0 aliphatic rings. The van der Waals surface area contributed by atoms with E-state index in [1.54, 1.807) is 0 Å². The van der Waals surface area contributed by atoms with Gasteiger partial charge in [-0.05, 0) is 36.1 Å². The lowest BCUT2D eigenvalue weighted by Gasteiger charge is -2.22. The second-order valence-corrected chi connectivity index (χ2v) is 11.4. The summed E-state index contributed by atoms with van der Waals surface area (Å²) in [5, 5.41) is 21.2. The molecule has 36 heavy (non-hydrogen) atoms. The van der Waals surface area contributed by atoms with Gasteiger partial charge in [0.05, 0.1) is 21.4 Å². The van der Waals surface area contributed by atoms with Gasteiger partial charge in [-0.1, -0.05) is 23.2 Å². The molecule has 0 radical (unpaired) electrons. The third kappa shape index (κ3) is 8.01. The first kappa shape index (κ1) is 29.7. The molecular formula is C18H16Cl2F2N2O10S2. The minimum Gasteiger partial charge on any atom is -0.286 e. The van der Waals surface area contributed by atoms with Gasteiger partial charge in [0, 0.05) is 24.0 Å². The summed E-state index contributed by atoms with van der Waals surface area (Å²) in [6, 6.07) is 2.37. The standard InChI is InChI=1S/C18H16Cl2F2N2O10S2/c19-13-5-15(21)11(3-17(13)23(25)26)9(7-35(29,30)31)1-2-10(8-36(32,33)34)12-4-18(24(27)28)14(20)6-16(12)22/h3-6,9-10H,1-2,7-8H2,(H,29,30,31)(H,32,33,34)/t9-,10?/m1/s1. The summed E-state index contributed by atoms with van der Waals surface area (Å²) >= 11 is 11.3. The fourth-order valence-electron chi connectivity index (χ4n) is 3.58. The summed E-state index contributed by atoms with van der Waals surface area (Å²) in [4.78, 5) is 20.4. The molecule has 0 saturated carbocycles. The lowest BCUT2D eigenvalue weighted by atomic mass is 9.88. The van der Waals surface area contributed by atoms with Gasteiger partial charge in [0.25, 0.3) is 31.6 Å². The van der Waals surface area contributed by atoms with Crippen LogP contribution >= 0.6 is 23.2 Å². The molecule has 12 nitrogen and oxygen atoms in total. The van der Waals surface area contributed by atoms with E-state index < -0.39 is 110 Å². The average molecular weight is 593 g/mol. The van der Waals surface area contributed by atoms with Crippen molar-refractivity contribution in [2.45, 2.75) is 24.7 Å². The zero-order valence-electron chi connectivity index (χ0n) is 17.7. The average Bonchev–Trinajstić information content (AvgIpc) is 2.68. The Balaban J connectivity index is 2.58. The van der Waals surface area contributed by atoms with Crippen LogP contribution in [0.2, 0.25) is 10.0 Å². The highest BCUT2D eigenvalue weighted by atomic mass is 35.5. The van der Waals surface area contributed by atoms with E-state index in [4.69, 9.17) is 23.2 Å². The molecule has 1 unspecified atom stereocenters. The number of nitro groups is 2. The monoisotopic (exact) mass is 592 g/mol. The SMILES string of the molecule is O=[N+]([O-])c1cc(C(CC[C@H](CS(=O)(=O)O)c2cc([N+](=O)[O-])c(Cl)cc2F)CS(=O)(=O)O)c(F)cc1Cl.